The zero-order valence-corrected chi connectivity index (χ0v) is 15.1. The molecule has 1 atom stereocenters. The highest BCUT2D eigenvalue weighted by atomic mass is 32.2. The fraction of sp³-hybridized carbons (Fsp3) is 1.00. The van der Waals surface area contributed by atoms with Gasteiger partial charge in [0, 0.05) is 37.0 Å². The van der Waals surface area contributed by atoms with E-state index in [0.29, 0.717) is 24.1 Å². The van der Waals surface area contributed by atoms with Gasteiger partial charge in [0.2, 0.25) is 0 Å². The number of sulfone groups is 1. The highest BCUT2D eigenvalue weighted by Crippen LogP contribution is 2.24. The van der Waals surface area contributed by atoms with Gasteiger partial charge in [-0.3, -0.25) is 4.90 Å². The second-order valence-corrected chi connectivity index (χ2v) is 8.74. The Morgan fingerprint density at radius 1 is 1.10 bits per heavy atom. The van der Waals surface area contributed by atoms with Crippen molar-refractivity contribution in [2.75, 3.05) is 31.1 Å². The van der Waals surface area contributed by atoms with Crippen molar-refractivity contribution in [3.63, 3.8) is 0 Å². The molecule has 0 amide bonds. The van der Waals surface area contributed by atoms with Gasteiger partial charge in [-0.1, -0.05) is 34.1 Å². The normalized spacial score (nSPS) is 23.3. The van der Waals surface area contributed by atoms with Gasteiger partial charge < -0.3 is 5.32 Å². The van der Waals surface area contributed by atoms with Gasteiger partial charge in [-0.2, -0.15) is 0 Å². The molecule has 1 N–H and O–H groups in total. The first-order valence-electron chi connectivity index (χ1n) is 8.61. The maximum absolute atomic E-state index is 12.0. The third-order valence-electron chi connectivity index (χ3n) is 4.91. The molecule has 0 spiro atoms. The van der Waals surface area contributed by atoms with Crippen LogP contribution >= 0.6 is 0 Å². The van der Waals surface area contributed by atoms with E-state index in [4.69, 9.17) is 0 Å². The molecule has 1 heterocycles. The van der Waals surface area contributed by atoms with E-state index in [0.717, 1.165) is 45.2 Å². The topological polar surface area (TPSA) is 49.4 Å². The third kappa shape index (κ3) is 5.53. The van der Waals surface area contributed by atoms with Crippen LogP contribution < -0.4 is 5.32 Å². The molecule has 0 aliphatic carbocycles. The van der Waals surface area contributed by atoms with Crippen molar-refractivity contribution in [3.8, 4) is 0 Å². The van der Waals surface area contributed by atoms with Crippen LogP contribution in [0.2, 0.25) is 0 Å². The summed E-state index contributed by atoms with van der Waals surface area (Å²) in [7, 11) is -2.88. The molecule has 1 saturated heterocycles. The van der Waals surface area contributed by atoms with Gasteiger partial charge in [0.1, 0.15) is 0 Å². The van der Waals surface area contributed by atoms with Crippen LogP contribution in [0.15, 0.2) is 0 Å². The van der Waals surface area contributed by atoms with Gasteiger partial charge in [-0.25, -0.2) is 8.42 Å². The Hall–Kier alpha value is -0.130. The van der Waals surface area contributed by atoms with Crippen LogP contribution in [-0.2, 0) is 9.84 Å². The molecule has 4 nitrogen and oxygen atoms in total. The van der Waals surface area contributed by atoms with Gasteiger partial charge >= 0.3 is 0 Å². The zero-order chi connectivity index (χ0) is 15.9. The summed E-state index contributed by atoms with van der Waals surface area (Å²) in [4.78, 5) is 2.43. The first-order chi connectivity index (χ1) is 9.92. The van der Waals surface area contributed by atoms with Gasteiger partial charge in [0.25, 0.3) is 0 Å². The summed E-state index contributed by atoms with van der Waals surface area (Å²) in [5, 5.41) is 3.73. The summed E-state index contributed by atoms with van der Waals surface area (Å²) in [6, 6.07) is 0.484. The van der Waals surface area contributed by atoms with E-state index >= 15 is 0 Å². The summed E-state index contributed by atoms with van der Waals surface area (Å²) in [6.45, 7) is 11.2. The molecule has 21 heavy (non-hydrogen) atoms. The fourth-order valence-corrected chi connectivity index (χ4v) is 4.65. The summed E-state index contributed by atoms with van der Waals surface area (Å²) >= 11 is 0. The Bertz CT molecular complexity index is 391. The Morgan fingerprint density at radius 2 is 1.76 bits per heavy atom. The Labute approximate surface area is 131 Å². The minimum Gasteiger partial charge on any atom is -0.308 e. The number of nitrogens with zero attached hydrogens (tertiary/aromatic N) is 1. The van der Waals surface area contributed by atoms with Crippen LogP contribution in [0.1, 0.15) is 59.8 Å². The molecule has 5 heteroatoms. The molecule has 0 aromatic rings. The molecule has 1 rings (SSSR count). The van der Waals surface area contributed by atoms with Crippen molar-refractivity contribution in [1.82, 2.24) is 10.2 Å². The molecule has 1 unspecified atom stereocenters. The summed E-state index contributed by atoms with van der Waals surface area (Å²) in [5.74, 6) is 0.634. The third-order valence-corrected chi connectivity index (χ3v) is 6.75. The second-order valence-electron chi connectivity index (χ2n) is 6.43. The average Bonchev–Trinajstić information content (AvgIpc) is 2.47. The van der Waals surface area contributed by atoms with E-state index in [2.05, 4.69) is 31.0 Å². The highest BCUT2D eigenvalue weighted by molar-refractivity contribution is 7.91. The van der Waals surface area contributed by atoms with E-state index in [1.165, 1.54) is 0 Å². The number of rotatable bonds is 9. The predicted octanol–water partition coefficient (Wildman–Crippen LogP) is 2.44. The van der Waals surface area contributed by atoms with E-state index in [1.54, 1.807) is 0 Å². The Morgan fingerprint density at radius 3 is 2.29 bits per heavy atom. The molecule has 0 saturated carbocycles. The number of piperazine rings is 1. The van der Waals surface area contributed by atoms with Crippen molar-refractivity contribution in [2.45, 2.75) is 71.4 Å². The van der Waals surface area contributed by atoms with Crippen LogP contribution in [0.3, 0.4) is 0 Å². The fourth-order valence-electron chi connectivity index (χ4n) is 3.31. The molecule has 126 valence electrons. The van der Waals surface area contributed by atoms with Gasteiger partial charge in [0.05, 0.1) is 5.75 Å². The summed E-state index contributed by atoms with van der Waals surface area (Å²) in [6.07, 6.45) is 5.21. The smallest absolute Gasteiger partial charge is 0.151 e. The first kappa shape index (κ1) is 18.9. The van der Waals surface area contributed by atoms with Crippen LogP contribution in [0.5, 0.6) is 0 Å². The Kier molecular flexibility index (Phi) is 7.65. The zero-order valence-electron chi connectivity index (χ0n) is 14.3. The predicted molar refractivity (Wildman–Crippen MR) is 90.5 cm³/mol. The van der Waals surface area contributed by atoms with Crippen molar-refractivity contribution >= 4 is 9.84 Å². The molecule has 1 aliphatic heterocycles. The van der Waals surface area contributed by atoms with Gasteiger partial charge in [-0.15, -0.1) is 0 Å². The lowest BCUT2D eigenvalue weighted by Crippen LogP contribution is -2.64. The van der Waals surface area contributed by atoms with E-state index < -0.39 is 9.84 Å². The SMILES string of the molecule is CCCC1CNC(CC)(CC)CN1CCS(=O)(=O)CCC. The first-order valence-corrected chi connectivity index (χ1v) is 10.4. The van der Waals surface area contributed by atoms with E-state index in [-0.39, 0.29) is 5.54 Å². The van der Waals surface area contributed by atoms with Crippen molar-refractivity contribution in [1.29, 1.82) is 0 Å². The molecular formula is C16H34N2O2S. The van der Waals surface area contributed by atoms with Crippen molar-refractivity contribution in [3.05, 3.63) is 0 Å². The quantitative estimate of drug-likeness (QED) is 0.709. The van der Waals surface area contributed by atoms with Crippen molar-refractivity contribution in [2.24, 2.45) is 0 Å². The lowest BCUT2D eigenvalue weighted by Gasteiger charge is -2.47. The van der Waals surface area contributed by atoms with Gasteiger partial charge in [-0.05, 0) is 25.7 Å². The van der Waals surface area contributed by atoms with Gasteiger partial charge in [0.15, 0.2) is 9.84 Å². The molecule has 1 fully saturated rings. The Balaban J connectivity index is 2.71. The maximum atomic E-state index is 12.0. The minimum atomic E-state index is -2.88. The van der Waals surface area contributed by atoms with Crippen LogP contribution in [-0.4, -0.2) is 56.0 Å². The molecule has 0 aromatic carbocycles. The number of hydrogen-bond donors (Lipinski definition) is 1. The molecule has 1 aliphatic rings. The lowest BCUT2D eigenvalue weighted by atomic mass is 9.88. The second kappa shape index (κ2) is 8.49. The van der Waals surface area contributed by atoms with Crippen LogP contribution in [0.25, 0.3) is 0 Å². The minimum absolute atomic E-state index is 0.165. The summed E-state index contributed by atoms with van der Waals surface area (Å²) < 4.78 is 24.0. The molecule has 0 radical (unpaired) electrons. The highest BCUT2D eigenvalue weighted by Gasteiger charge is 2.36. The number of nitrogens with one attached hydrogen (secondary N) is 1. The molecular weight excluding hydrogens is 284 g/mol. The van der Waals surface area contributed by atoms with E-state index in [9.17, 15) is 8.42 Å². The maximum Gasteiger partial charge on any atom is 0.151 e. The van der Waals surface area contributed by atoms with Crippen LogP contribution in [0, 0.1) is 0 Å². The lowest BCUT2D eigenvalue weighted by molar-refractivity contribution is 0.0732. The number of hydrogen-bond acceptors (Lipinski definition) is 4. The average molecular weight is 319 g/mol. The monoisotopic (exact) mass is 318 g/mol. The van der Waals surface area contributed by atoms with Crippen LogP contribution in [0.4, 0.5) is 0 Å². The molecule has 0 bridgehead atoms. The largest absolute Gasteiger partial charge is 0.308 e. The molecule has 0 aromatic heterocycles. The standard InChI is InChI=1S/C16H34N2O2S/c1-5-9-15-13-17-16(7-3,8-4)14-18(15)10-12-21(19,20)11-6-2/h15,17H,5-14H2,1-4H3. The van der Waals surface area contributed by atoms with E-state index in [1.807, 2.05) is 6.92 Å². The van der Waals surface area contributed by atoms with Crippen molar-refractivity contribution < 1.29 is 8.42 Å². The summed E-state index contributed by atoms with van der Waals surface area (Å²) in [5.41, 5.74) is 0.165.